The molecule has 1 aliphatic heterocycles. The highest BCUT2D eigenvalue weighted by atomic mass is 16.7. The molecular weight excluding hydrogens is 761 g/mol. The van der Waals surface area contributed by atoms with Crippen molar-refractivity contribution >= 4 is 11.9 Å². The van der Waals surface area contributed by atoms with Gasteiger partial charge in [0.1, 0.15) is 31.0 Å². The van der Waals surface area contributed by atoms with Crippen LogP contribution >= 0.6 is 0 Å². The Kier molecular flexibility index (Phi) is 38.6. The molecule has 1 fully saturated rings. The number of hydrogen-bond donors (Lipinski definition) is 4. The van der Waals surface area contributed by atoms with Crippen molar-refractivity contribution in [2.24, 2.45) is 0 Å². The Morgan fingerprint density at radius 3 is 1.42 bits per heavy atom. The lowest BCUT2D eigenvalue weighted by atomic mass is 9.99. The van der Waals surface area contributed by atoms with E-state index in [1.165, 1.54) is 135 Å². The van der Waals surface area contributed by atoms with Crippen LogP contribution in [0.5, 0.6) is 0 Å². The fourth-order valence-electron chi connectivity index (χ4n) is 7.63. The predicted molar refractivity (Wildman–Crippen MR) is 243 cm³/mol. The summed E-state index contributed by atoms with van der Waals surface area (Å²) in [7, 11) is 0. The SMILES string of the molecule is CCCCC/C=C/C/C=C/CCCCCCCCCC(=O)OC[C@H](CO[C@@H]1O[C@H](CO)[C@H](O)C(O)C1O)OC(=O)CCCCCCCCCCCCCCCCCCCC. The first-order valence-electron chi connectivity index (χ1n) is 24.9. The van der Waals surface area contributed by atoms with Crippen LogP contribution in [0, 0.1) is 0 Å². The molecule has 60 heavy (non-hydrogen) atoms. The maximum Gasteiger partial charge on any atom is 0.306 e. The van der Waals surface area contributed by atoms with Gasteiger partial charge in [0.25, 0.3) is 0 Å². The van der Waals surface area contributed by atoms with Gasteiger partial charge in [-0.3, -0.25) is 9.59 Å². The quantitative estimate of drug-likeness (QED) is 0.0265. The molecule has 0 bridgehead atoms. The number of carbonyl (C=O) groups excluding carboxylic acids is 2. The van der Waals surface area contributed by atoms with Crippen LogP contribution in [0.4, 0.5) is 0 Å². The molecule has 0 aromatic heterocycles. The van der Waals surface area contributed by atoms with Gasteiger partial charge in [-0.15, -0.1) is 0 Å². The minimum Gasteiger partial charge on any atom is -0.462 e. The second-order valence-electron chi connectivity index (χ2n) is 17.3. The van der Waals surface area contributed by atoms with Gasteiger partial charge in [0.05, 0.1) is 13.2 Å². The summed E-state index contributed by atoms with van der Waals surface area (Å²) in [6.45, 7) is 3.42. The number of aliphatic hydroxyl groups excluding tert-OH is 4. The zero-order chi connectivity index (χ0) is 43.7. The normalized spacial score (nSPS) is 20.0. The van der Waals surface area contributed by atoms with Crippen molar-refractivity contribution in [3.8, 4) is 0 Å². The maximum atomic E-state index is 12.8. The molecular formula is C50H92O10. The third-order valence-corrected chi connectivity index (χ3v) is 11.6. The number of carbonyl (C=O) groups is 2. The van der Waals surface area contributed by atoms with E-state index in [9.17, 15) is 30.0 Å². The number of hydrogen-bond acceptors (Lipinski definition) is 10. The third kappa shape index (κ3) is 31.9. The molecule has 0 saturated carbocycles. The highest BCUT2D eigenvalue weighted by Gasteiger charge is 2.44. The number of aliphatic hydroxyl groups is 4. The Bertz CT molecular complexity index is 1030. The molecule has 0 radical (unpaired) electrons. The molecule has 352 valence electrons. The lowest BCUT2D eigenvalue weighted by Gasteiger charge is -2.39. The van der Waals surface area contributed by atoms with Gasteiger partial charge < -0.3 is 39.4 Å². The Morgan fingerprint density at radius 2 is 0.933 bits per heavy atom. The first kappa shape index (κ1) is 56.2. The van der Waals surface area contributed by atoms with Crippen LogP contribution < -0.4 is 0 Å². The van der Waals surface area contributed by atoms with E-state index in [1.807, 2.05) is 0 Å². The van der Waals surface area contributed by atoms with Crippen molar-refractivity contribution in [3.63, 3.8) is 0 Å². The number of rotatable bonds is 42. The van der Waals surface area contributed by atoms with Crippen molar-refractivity contribution in [1.82, 2.24) is 0 Å². The molecule has 2 unspecified atom stereocenters. The largest absolute Gasteiger partial charge is 0.462 e. The topological polar surface area (TPSA) is 152 Å². The summed E-state index contributed by atoms with van der Waals surface area (Å²) < 4.78 is 22.2. The van der Waals surface area contributed by atoms with E-state index in [-0.39, 0.29) is 32.0 Å². The zero-order valence-corrected chi connectivity index (χ0v) is 38.5. The van der Waals surface area contributed by atoms with Crippen molar-refractivity contribution in [2.75, 3.05) is 19.8 Å². The van der Waals surface area contributed by atoms with E-state index >= 15 is 0 Å². The van der Waals surface area contributed by atoms with Crippen molar-refractivity contribution in [2.45, 2.75) is 263 Å². The van der Waals surface area contributed by atoms with Crippen LogP contribution in [-0.2, 0) is 28.5 Å². The van der Waals surface area contributed by atoms with Gasteiger partial charge >= 0.3 is 11.9 Å². The van der Waals surface area contributed by atoms with Gasteiger partial charge in [0, 0.05) is 12.8 Å². The Labute approximate surface area is 366 Å². The van der Waals surface area contributed by atoms with E-state index in [2.05, 4.69) is 38.2 Å². The summed E-state index contributed by atoms with van der Waals surface area (Å²) in [4.78, 5) is 25.4. The summed E-state index contributed by atoms with van der Waals surface area (Å²) in [6, 6.07) is 0. The average Bonchev–Trinajstić information content (AvgIpc) is 3.25. The number of ether oxygens (including phenoxy) is 4. The number of allylic oxidation sites excluding steroid dienone is 4. The van der Waals surface area contributed by atoms with Gasteiger partial charge in [0.15, 0.2) is 12.4 Å². The minimum absolute atomic E-state index is 0.217. The standard InChI is InChI=1S/C50H92O10/c1-3-5-7-9-11-13-15-17-19-21-23-25-27-29-31-33-35-37-39-46(53)59-43(42-58-50-49(56)48(55)47(54)44(40-51)60-50)41-57-45(52)38-36-34-32-30-28-26-24-22-20-18-16-14-12-10-8-6-4-2/h12,14,18,20,43-44,47-51,54-56H,3-11,13,15-17,19,21-42H2,1-2H3/b14-12+,20-18+/t43-,44-,47+,48?,49?,50-/m1/s1. The smallest absolute Gasteiger partial charge is 0.306 e. The molecule has 1 heterocycles. The van der Waals surface area contributed by atoms with Crippen LogP contribution in [0.1, 0.15) is 226 Å². The minimum atomic E-state index is -1.59. The van der Waals surface area contributed by atoms with E-state index < -0.39 is 49.4 Å². The Morgan fingerprint density at radius 1 is 0.517 bits per heavy atom. The van der Waals surface area contributed by atoms with Crippen molar-refractivity contribution in [3.05, 3.63) is 24.3 Å². The first-order valence-corrected chi connectivity index (χ1v) is 24.9. The average molecular weight is 853 g/mol. The lowest BCUT2D eigenvalue weighted by molar-refractivity contribution is -0.305. The van der Waals surface area contributed by atoms with Gasteiger partial charge in [0.2, 0.25) is 0 Å². The van der Waals surface area contributed by atoms with E-state index in [4.69, 9.17) is 18.9 Å². The van der Waals surface area contributed by atoms with Gasteiger partial charge in [-0.25, -0.2) is 0 Å². The molecule has 1 aliphatic rings. The van der Waals surface area contributed by atoms with Crippen LogP contribution in [0.3, 0.4) is 0 Å². The highest BCUT2D eigenvalue weighted by molar-refractivity contribution is 5.70. The molecule has 0 aromatic carbocycles. The molecule has 0 aromatic rings. The summed E-state index contributed by atoms with van der Waals surface area (Å²) in [5.74, 6) is -0.804. The number of unbranched alkanes of at least 4 members (excludes halogenated alkanes) is 27. The van der Waals surface area contributed by atoms with E-state index in [0.717, 1.165) is 57.8 Å². The highest BCUT2D eigenvalue weighted by Crippen LogP contribution is 2.23. The van der Waals surface area contributed by atoms with Crippen molar-refractivity contribution < 1.29 is 49.0 Å². The number of esters is 2. The monoisotopic (exact) mass is 853 g/mol. The van der Waals surface area contributed by atoms with Crippen LogP contribution in [-0.4, -0.2) is 89.0 Å². The van der Waals surface area contributed by atoms with Crippen LogP contribution in [0.2, 0.25) is 0 Å². The second-order valence-corrected chi connectivity index (χ2v) is 17.3. The second kappa shape index (κ2) is 41.2. The van der Waals surface area contributed by atoms with Crippen LogP contribution in [0.25, 0.3) is 0 Å². The Balaban J connectivity index is 2.27. The maximum absolute atomic E-state index is 12.8. The molecule has 4 N–H and O–H groups in total. The molecule has 10 nitrogen and oxygen atoms in total. The summed E-state index contributed by atoms with van der Waals surface area (Å²) in [6.07, 6.45) is 38.9. The fourth-order valence-corrected chi connectivity index (χ4v) is 7.63. The summed E-state index contributed by atoms with van der Waals surface area (Å²) >= 11 is 0. The summed E-state index contributed by atoms with van der Waals surface area (Å²) in [5, 5.41) is 40.2. The molecule has 1 saturated heterocycles. The molecule has 10 heteroatoms. The summed E-state index contributed by atoms with van der Waals surface area (Å²) in [5.41, 5.74) is 0. The third-order valence-electron chi connectivity index (χ3n) is 11.6. The molecule has 6 atom stereocenters. The Hall–Kier alpha value is -1.82. The van der Waals surface area contributed by atoms with E-state index in [1.54, 1.807) is 0 Å². The molecule has 0 amide bonds. The fraction of sp³-hybridized carbons (Fsp3) is 0.880. The van der Waals surface area contributed by atoms with E-state index in [0.29, 0.717) is 6.42 Å². The zero-order valence-electron chi connectivity index (χ0n) is 38.5. The van der Waals surface area contributed by atoms with Gasteiger partial charge in [-0.1, -0.05) is 192 Å². The lowest BCUT2D eigenvalue weighted by Crippen LogP contribution is -2.59. The van der Waals surface area contributed by atoms with Gasteiger partial charge in [-0.05, 0) is 44.9 Å². The van der Waals surface area contributed by atoms with Gasteiger partial charge in [-0.2, -0.15) is 0 Å². The van der Waals surface area contributed by atoms with Crippen LogP contribution in [0.15, 0.2) is 24.3 Å². The molecule has 0 spiro atoms. The first-order chi connectivity index (χ1) is 29.3. The molecule has 0 aliphatic carbocycles. The molecule has 1 rings (SSSR count). The van der Waals surface area contributed by atoms with Crippen molar-refractivity contribution in [1.29, 1.82) is 0 Å². The predicted octanol–water partition coefficient (Wildman–Crippen LogP) is 11.3.